The molecule has 2 aromatic heterocycles. The van der Waals surface area contributed by atoms with E-state index in [9.17, 15) is 14.4 Å². The van der Waals surface area contributed by atoms with Crippen molar-refractivity contribution in [3.63, 3.8) is 0 Å². The van der Waals surface area contributed by atoms with Crippen LogP contribution in [-0.4, -0.2) is 70.3 Å². The summed E-state index contributed by atoms with van der Waals surface area (Å²) in [5.74, 6) is 0.0200. The van der Waals surface area contributed by atoms with Crippen molar-refractivity contribution in [3.05, 3.63) is 48.4 Å². The fourth-order valence-corrected chi connectivity index (χ4v) is 2.67. The van der Waals surface area contributed by atoms with Gasteiger partial charge in [0.05, 0.1) is 25.5 Å². The van der Waals surface area contributed by atoms with E-state index in [2.05, 4.69) is 20.6 Å². The third-order valence-corrected chi connectivity index (χ3v) is 4.07. The summed E-state index contributed by atoms with van der Waals surface area (Å²) in [5.41, 5.74) is 0.303. The summed E-state index contributed by atoms with van der Waals surface area (Å²) < 4.78 is 5.10. The van der Waals surface area contributed by atoms with Gasteiger partial charge in [-0.05, 0) is 12.1 Å². The highest BCUT2D eigenvalue weighted by molar-refractivity contribution is 5.95. The molecule has 10 nitrogen and oxygen atoms in total. The van der Waals surface area contributed by atoms with Crippen molar-refractivity contribution in [1.82, 2.24) is 30.4 Å². The van der Waals surface area contributed by atoms with Crippen LogP contribution in [0.5, 0.6) is 0 Å². The molecule has 3 heterocycles. The first-order chi connectivity index (χ1) is 13.1. The van der Waals surface area contributed by atoms with Crippen LogP contribution >= 0.6 is 0 Å². The summed E-state index contributed by atoms with van der Waals surface area (Å²) in [6.45, 7) is 2.32. The number of piperazine rings is 1. The highest BCUT2D eigenvalue weighted by Crippen LogP contribution is 2.06. The van der Waals surface area contributed by atoms with Crippen molar-refractivity contribution in [2.24, 2.45) is 0 Å². The number of furan rings is 1. The molecule has 2 N–H and O–H groups in total. The fraction of sp³-hybridized carbons (Fsp3) is 0.353. The summed E-state index contributed by atoms with van der Waals surface area (Å²) in [6.07, 6.45) is 5.93. The minimum Gasteiger partial charge on any atom is -0.467 e. The summed E-state index contributed by atoms with van der Waals surface area (Å²) in [5, 5.41) is 4.82. The molecule has 0 aliphatic carbocycles. The molecule has 0 spiro atoms. The standard InChI is InChI=1S/C17H20N6O4/c24-15(21-17(26)20-10-13-2-1-9-27-13)12-22-5-7-23(8-6-22)16(25)14-11-18-3-4-19-14/h1-4,9,11H,5-8,10,12H2,(H2,20,21,24,26). The molecule has 0 radical (unpaired) electrons. The zero-order chi connectivity index (χ0) is 19.1. The second kappa shape index (κ2) is 8.90. The molecular weight excluding hydrogens is 352 g/mol. The van der Waals surface area contributed by atoms with Crippen molar-refractivity contribution >= 4 is 17.8 Å². The molecule has 1 aliphatic heterocycles. The van der Waals surface area contributed by atoms with Crippen LogP contribution in [0, 0.1) is 0 Å². The summed E-state index contributed by atoms with van der Waals surface area (Å²) >= 11 is 0. The average molecular weight is 372 g/mol. The maximum absolute atomic E-state index is 12.3. The van der Waals surface area contributed by atoms with Gasteiger partial charge in [0.25, 0.3) is 5.91 Å². The Morgan fingerprint density at radius 1 is 1.15 bits per heavy atom. The molecule has 10 heteroatoms. The summed E-state index contributed by atoms with van der Waals surface area (Å²) in [7, 11) is 0. The molecule has 142 valence electrons. The van der Waals surface area contributed by atoms with Crippen LogP contribution in [0.15, 0.2) is 41.4 Å². The number of imide groups is 1. The van der Waals surface area contributed by atoms with Gasteiger partial charge in [0.15, 0.2) is 0 Å². The molecule has 27 heavy (non-hydrogen) atoms. The topological polar surface area (TPSA) is 121 Å². The molecule has 0 aromatic carbocycles. The largest absolute Gasteiger partial charge is 0.467 e. The normalized spacial score (nSPS) is 14.6. The van der Waals surface area contributed by atoms with Gasteiger partial charge in [-0.3, -0.25) is 24.8 Å². The van der Waals surface area contributed by atoms with Gasteiger partial charge >= 0.3 is 6.03 Å². The third kappa shape index (κ3) is 5.35. The van der Waals surface area contributed by atoms with Crippen molar-refractivity contribution < 1.29 is 18.8 Å². The minimum absolute atomic E-state index is 0.0847. The molecule has 0 bridgehead atoms. The van der Waals surface area contributed by atoms with E-state index < -0.39 is 11.9 Å². The van der Waals surface area contributed by atoms with Gasteiger partial charge in [-0.15, -0.1) is 0 Å². The highest BCUT2D eigenvalue weighted by atomic mass is 16.3. The first-order valence-corrected chi connectivity index (χ1v) is 8.49. The Bertz CT molecular complexity index is 772. The van der Waals surface area contributed by atoms with Gasteiger partial charge in [-0.2, -0.15) is 0 Å². The molecule has 4 amide bonds. The van der Waals surface area contributed by atoms with Crippen molar-refractivity contribution in [2.75, 3.05) is 32.7 Å². The second-order valence-electron chi connectivity index (χ2n) is 5.97. The Hall–Kier alpha value is -3.27. The molecule has 1 aliphatic rings. The Kier molecular flexibility index (Phi) is 6.10. The van der Waals surface area contributed by atoms with Crippen LogP contribution < -0.4 is 10.6 Å². The Labute approximate surface area is 155 Å². The van der Waals surface area contributed by atoms with Crippen molar-refractivity contribution in [1.29, 1.82) is 0 Å². The summed E-state index contributed by atoms with van der Waals surface area (Å²) in [6, 6.07) is 2.87. The molecule has 1 fully saturated rings. The molecule has 2 aromatic rings. The van der Waals surface area contributed by atoms with E-state index in [1.807, 2.05) is 4.90 Å². The fourth-order valence-electron chi connectivity index (χ4n) is 2.67. The lowest BCUT2D eigenvalue weighted by atomic mass is 10.2. The molecule has 3 rings (SSSR count). The van der Waals surface area contributed by atoms with E-state index >= 15 is 0 Å². The van der Waals surface area contributed by atoms with Crippen LogP contribution in [-0.2, 0) is 11.3 Å². The van der Waals surface area contributed by atoms with Gasteiger partial charge in [0.1, 0.15) is 11.5 Å². The number of nitrogens with zero attached hydrogens (tertiary/aromatic N) is 4. The zero-order valence-corrected chi connectivity index (χ0v) is 14.6. The predicted octanol–water partition coefficient (Wildman–Crippen LogP) is -0.147. The average Bonchev–Trinajstić information content (AvgIpc) is 3.21. The minimum atomic E-state index is -0.576. The quantitative estimate of drug-likeness (QED) is 0.749. The third-order valence-electron chi connectivity index (χ3n) is 4.07. The van der Waals surface area contributed by atoms with Crippen LogP contribution in [0.1, 0.15) is 16.2 Å². The van der Waals surface area contributed by atoms with Gasteiger partial charge in [-0.25, -0.2) is 9.78 Å². The second-order valence-corrected chi connectivity index (χ2v) is 5.97. The maximum atomic E-state index is 12.3. The van der Waals surface area contributed by atoms with E-state index in [0.717, 1.165) is 0 Å². The number of rotatable bonds is 5. The molecular formula is C17H20N6O4. The SMILES string of the molecule is O=C(CN1CCN(C(=O)c2cnccn2)CC1)NC(=O)NCc1ccco1. The van der Waals surface area contributed by atoms with Gasteiger partial charge < -0.3 is 14.6 Å². The molecule has 1 saturated heterocycles. The Morgan fingerprint density at radius 3 is 2.63 bits per heavy atom. The molecule has 0 unspecified atom stereocenters. The number of hydrogen-bond acceptors (Lipinski definition) is 7. The van der Waals surface area contributed by atoms with Crippen LogP contribution in [0.4, 0.5) is 4.79 Å². The van der Waals surface area contributed by atoms with E-state index in [1.165, 1.54) is 24.9 Å². The zero-order valence-electron chi connectivity index (χ0n) is 14.6. The number of urea groups is 1. The van der Waals surface area contributed by atoms with E-state index in [4.69, 9.17) is 4.42 Å². The number of nitrogens with one attached hydrogen (secondary N) is 2. The van der Waals surface area contributed by atoms with E-state index in [0.29, 0.717) is 37.6 Å². The number of carbonyl (C=O) groups is 3. The first kappa shape index (κ1) is 18.5. The Morgan fingerprint density at radius 2 is 1.96 bits per heavy atom. The highest BCUT2D eigenvalue weighted by Gasteiger charge is 2.24. The van der Waals surface area contributed by atoms with Crippen LogP contribution in [0.2, 0.25) is 0 Å². The Balaban J connectivity index is 1.37. The van der Waals surface area contributed by atoms with E-state index in [-0.39, 0.29) is 19.0 Å². The maximum Gasteiger partial charge on any atom is 0.321 e. The lowest BCUT2D eigenvalue weighted by Crippen LogP contribution is -2.52. The monoisotopic (exact) mass is 372 g/mol. The molecule has 0 atom stereocenters. The molecule has 0 saturated carbocycles. The van der Waals surface area contributed by atoms with Crippen LogP contribution in [0.3, 0.4) is 0 Å². The number of aromatic nitrogens is 2. The van der Waals surface area contributed by atoms with Crippen molar-refractivity contribution in [2.45, 2.75) is 6.54 Å². The lowest BCUT2D eigenvalue weighted by Gasteiger charge is -2.33. The summed E-state index contributed by atoms with van der Waals surface area (Å²) in [4.78, 5) is 47.5. The van der Waals surface area contributed by atoms with E-state index in [1.54, 1.807) is 17.0 Å². The lowest BCUT2D eigenvalue weighted by molar-refractivity contribution is -0.121. The van der Waals surface area contributed by atoms with Crippen LogP contribution in [0.25, 0.3) is 0 Å². The van der Waals surface area contributed by atoms with Crippen molar-refractivity contribution in [3.8, 4) is 0 Å². The smallest absolute Gasteiger partial charge is 0.321 e. The van der Waals surface area contributed by atoms with Gasteiger partial charge in [0.2, 0.25) is 5.91 Å². The number of amides is 4. The first-order valence-electron chi connectivity index (χ1n) is 8.49. The number of carbonyl (C=O) groups excluding carboxylic acids is 3. The van der Waals surface area contributed by atoms with Gasteiger partial charge in [0, 0.05) is 38.6 Å². The van der Waals surface area contributed by atoms with Gasteiger partial charge in [-0.1, -0.05) is 0 Å². The predicted molar refractivity (Wildman–Crippen MR) is 93.5 cm³/mol. The number of hydrogen-bond donors (Lipinski definition) is 2.